The van der Waals surface area contributed by atoms with Crippen molar-refractivity contribution < 1.29 is 38.3 Å². The van der Waals surface area contributed by atoms with Crippen LogP contribution in [0.5, 0.6) is 0 Å². The van der Waals surface area contributed by atoms with Gasteiger partial charge in [-0.05, 0) is 72.4 Å². The molecule has 0 unspecified atom stereocenters. The Hall–Kier alpha value is -5.76. The Bertz CT molecular complexity index is 1950. The number of carbonyl (C=O) groups is 7. The monoisotopic (exact) mass is 828 g/mol. The first-order valence-corrected chi connectivity index (χ1v) is 20.5. The summed E-state index contributed by atoms with van der Waals surface area (Å²) in [7, 11) is 1.26. The van der Waals surface area contributed by atoms with Crippen molar-refractivity contribution in [3.05, 3.63) is 101 Å². The maximum Gasteiger partial charge on any atom is 0.328 e. The lowest BCUT2D eigenvalue weighted by Gasteiger charge is -2.29. The zero-order valence-electron chi connectivity index (χ0n) is 33.3. The molecule has 3 aromatic carbocycles. The van der Waals surface area contributed by atoms with E-state index >= 15 is 0 Å². The molecule has 15 heteroatoms. The Balaban J connectivity index is 1.28. The fourth-order valence-corrected chi connectivity index (χ4v) is 7.89. The van der Waals surface area contributed by atoms with Crippen molar-refractivity contribution in [1.29, 1.82) is 0 Å². The number of carbonyl (C=O) groups excluding carboxylic acids is 7. The average molecular weight is 829 g/mol. The molecule has 6 N–H and O–H groups in total. The van der Waals surface area contributed by atoms with Crippen molar-refractivity contribution in [2.75, 3.05) is 25.5 Å². The Kier molecular flexibility index (Phi) is 16.4. The van der Waals surface area contributed by atoms with Crippen LogP contribution < -0.4 is 31.9 Å². The van der Waals surface area contributed by atoms with Gasteiger partial charge in [0.05, 0.1) is 20.1 Å². The molecule has 59 heavy (non-hydrogen) atoms. The highest BCUT2D eigenvalue weighted by Gasteiger charge is 2.39. The largest absolute Gasteiger partial charge is 0.467 e. The first-order valence-electron chi connectivity index (χ1n) is 20.1. The van der Waals surface area contributed by atoms with Gasteiger partial charge in [-0.3, -0.25) is 28.8 Å². The summed E-state index contributed by atoms with van der Waals surface area (Å²) in [5.41, 5.74) is 1.94. The fourth-order valence-electron chi connectivity index (χ4n) is 7.68. The number of anilines is 1. The van der Waals surface area contributed by atoms with Gasteiger partial charge < -0.3 is 36.6 Å². The smallest absolute Gasteiger partial charge is 0.328 e. The summed E-state index contributed by atoms with van der Waals surface area (Å²) in [6.45, 7) is -0.0122. The van der Waals surface area contributed by atoms with Crippen molar-refractivity contribution in [2.45, 2.75) is 95.2 Å². The quantitative estimate of drug-likeness (QED) is 0.166. The second kappa shape index (κ2) is 21.8. The molecule has 14 nitrogen and oxygen atoms in total. The summed E-state index contributed by atoms with van der Waals surface area (Å²) in [5, 5.41) is 17.2. The van der Waals surface area contributed by atoms with Crippen LogP contribution in [0.4, 0.5) is 5.69 Å². The van der Waals surface area contributed by atoms with Crippen molar-refractivity contribution in [1.82, 2.24) is 26.6 Å². The van der Waals surface area contributed by atoms with Crippen LogP contribution in [0.1, 0.15) is 74.5 Å². The average Bonchev–Trinajstić information content (AvgIpc) is 3.67. The van der Waals surface area contributed by atoms with E-state index in [4.69, 9.17) is 16.3 Å². The molecule has 3 aromatic rings. The summed E-state index contributed by atoms with van der Waals surface area (Å²) in [6.07, 6.45) is 4.68. The van der Waals surface area contributed by atoms with E-state index < -0.39 is 53.1 Å². The molecule has 1 spiro atoms. The molecule has 1 aliphatic heterocycles. The number of esters is 1. The lowest BCUT2D eigenvalue weighted by Crippen LogP contribution is -2.51. The Morgan fingerprint density at radius 1 is 0.797 bits per heavy atom. The van der Waals surface area contributed by atoms with Gasteiger partial charge in [-0.15, -0.1) is 0 Å². The highest BCUT2D eigenvalue weighted by atomic mass is 35.5. The normalized spacial score (nSPS) is 19.8. The van der Waals surface area contributed by atoms with Crippen molar-refractivity contribution in [3.8, 4) is 0 Å². The van der Waals surface area contributed by atoms with Gasteiger partial charge in [0.1, 0.15) is 18.1 Å². The minimum absolute atomic E-state index is 0.00417. The standard InChI is InChI=1S/C44H53ClN6O8/c1-59-43(58)34-15-7-10-22-46-40(55)28-47-41(56)35(51-39(54)27-44(20-8-9-21-44)26-38(53)49-34)23-30-16-18-32(19-17-30)48-42(57)36(25-31-13-5-6-14-33(31)45)50-37(52)24-29-11-3-2-4-12-29/h2-6,11-14,16-19,34-36H,7-10,15,20-28H2,1H3,(H,46,55)(H,47,56)(H,48,57)(H,49,53)(H,50,52)(H,51,54)/t34-,35-,36+/m1/s1. The molecule has 1 saturated heterocycles. The number of amides is 6. The summed E-state index contributed by atoms with van der Waals surface area (Å²) >= 11 is 6.42. The minimum Gasteiger partial charge on any atom is -0.467 e. The Morgan fingerprint density at radius 3 is 2.17 bits per heavy atom. The van der Waals surface area contributed by atoms with E-state index in [-0.39, 0.29) is 50.5 Å². The molecule has 2 aliphatic rings. The van der Waals surface area contributed by atoms with Gasteiger partial charge in [-0.2, -0.15) is 0 Å². The molecule has 6 amide bonds. The first-order chi connectivity index (χ1) is 28.4. The topological polar surface area (TPSA) is 201 Å². The summed E-state index contributed by atoms with van der Waals surface area (Å²) in [4.78, 5) is 92.3. The summed E-state index contributed by atoms with van der Waals surface area (Å²) in [5.74, 6) is -3.09. The van der Waals surface area contributed by atoms with Gasteiger partial charge in [-0.1, -0.05) is 85.1 Å². The van der Waals surface area contributed by atoms with E-state index in [1.54, 1.807) is 42.5 Å². The molecular formula is C44H53ClN6O8. The summed E-state index contributed by atoms with van der Waals surface area (Å²) < 4.78 is 4.92. The fraction of sp³-hybridized carbons (Fsp3) is 0.432. The predicted octanol–water partition coefficient (Wildman–Crippen LogP) is 3.69. The number of rotatable bonds is 10. The lowest BCUT2D eigenvalue weighted by molar-refractivity contribution is -0.145. The van der Waals surface area contributed by atoms with Crippen molar-refractivity contribution in [3.63, 3.8) is 0 Å². The molecule has 314 valence electrons. The van der Waals surface area contributed by atoms with Gasteiger partial charge >= 0.3 is 5.97 Å². The number of hydrogen-bond donors (Lipinski definition) is 6. The number of halogens is 1. The summed E-state index contributed by atoms with van der Waals surface area (Å²) in [6, 6.07) is 20.2. The Labute approximate surface area is 349 Å². The van der Waals surface area contributed by atoms with Crippen LogP contribution in [0.25, 0.3) is 0 Å². The number of methoxy groups -OCH3 is 1. The van der Waals surface area contributed by atoms with Crippen molar-refractivity contribution >= 4 is 58.7 Å². The molecule has 0 radical (unpaired) electrons. The van der Waals surface area contributed by atoms with Gasteiger partial charge in [0.15, 0.2) is 0 Å². The molecule has 5 rings (SSSR count). The van der Waals surface area contributed by atoms with E-state index in [2.05, 4.69) is 31.9 Å². The maximum absolute atomic E-state index is 13.7. The highest BCUT2D eigenvalue weighted by Crippen LogP contribution is 2.44. The van der Waals surface area contributed by atoms with Crippen LogP contribution in [-0.2, 0) is 57.6 Å². The molecule has 3 atom stereocenters. The molecule has 1 saturated carbocycles. The zero-order valence-corrected chi connectivity index (χ0v) is 34.0. The minimum atomic E-state index is -1.06. The first kappa shape index (κ1) is 44.3. The van der Waals surface area contributed by atoms with E-state index in [0.29, 0.717) is 60.5 Å². The Morgan fingerprint density at radius 2 is 1.47 bits per heavy atom. The van der Waals surface area contributed by atoms with Crippen LogP contribution in [-0.4, -0.2) is 79.7 Å². The van der Waals surface area contributed by atoms with Crippen LogP contribution in [0.15, 0.2) is 78.9 Å². The molecule has 0 aromatic heterocycles. The predicted molar refractivity (Wildman–Crippen MR) is 222 cm³/mol. The van der Waals surface area contributed by atoms with E-state index in [1.165, 1.54) is 7.11 Å². The number of ether oxygens (including phenoxy) is 1. The molecular weight excluding hydrogens is 776 g/mol. The third-order valence-electron chi connectivity index (χ3n) is 10.8. The second-order valence-corrected chi connectivity index (χ2v) is 15.8. The van der Waals surface area contributed by atoms with Crippen LogP contribution in [0.2, 0.25) is 5.02 Å². The third-order valence-corrected chi connectivity index (χ3v) is 11.1. The lowest BCUT2D eigenvalue weighted by atomic mass is 9.78. The van der Waals surface area contributed by atoms with Gasteiger partial charge in [0.25, 0.3) is 0 Å². The van der Waals surface area contributed by atoms with Crippen LogP contribution >= 0.6 is 11.6 Å². The number of hydrogen-bond acceptors (Lipinski definition) is 8. The van der Waals surface area contributed by atoms with Gasteiger partial charge in [0.2, 0.25) is 35.4 Å². The van der Waals surface area contributed by atoms with E-state index in [1.807, 2.05) is 36.4 Å². The molecule has 1 heterocycles. The SMILES string of the molecule is COC(=O)[C@H]1CCCCNC(=O)CNC(=O)[C@@H](Cc2ccc(NC(=O)[C@H](Cc3ccccc3Cl)NC(=O)Cc3ccccc3)cc2)NC(=O)CC2(CCCC2)CC(=O)N1. The molecule has 1 aliphatic carbocycles. The highest BCUT2D eigenvalue weighted by molar-refractivity contribution is 6.31. The van der Waals surface area contributed by atoms with Gasteiger partial charge in [0, 0.05) is 42.9 Å². The van der Waals surface area contributed by atoms with Crippen molar-refractivity contribution in [2.24, 2.45) is 5.41 Å². The van der Waals surface area contributed by atoms with Crippen LogP contribution in [0.3, 0.4) is 0 Å². The molecule has 0 bridgehead atoms. The molecule has 2 fully saturated rings. The zero-order chi connectivity index (χ0) is 42.2. The van der Waals surface area contributed by atoms with Crippen LogP contribution in [0, 0.1) is 5.41 Å². The van der Waals surface area contributed by atoms with E-state index in [0.717, 1.165) is 18.4 Å². The maximum atomic E-state index is 13.7. The van der Waals surface area contributed by atoms with Gasteiger partial charge in [-0.25, -0.2) is 4.79 Å². The van der Waals surface area contributed by atoms with E-state index in [9.17, 15) is 33.6 Å². The second-order valence-electron chi connectivity index (χ2n) is 15.4. The number of benzene rings is 3. The third kappa shape index (κ3) is 13.9. The number of nitrogens with one attached hydrogen (secondary N) is 6.